The van der Waals surface area contributed by atoms with Gasteiger partial charge in [0.05, 0.1) is 0 Å². The van der Waals surface area contributed by atoms with Gasteiger partial charge in [-0.05, 0) is 43.9 Å². The van der Waals surface area contributed by atoms with Crippen LogP contribution in [0.1, 0.15) is 78.1 Å². The number of nitrogens with two attached hydrogens (primary N) is 1. The third-order valence-corrected chi connectivity index (χ3v) is 4.40. The second kappa shape index (κ2) is 10.2. The van der Waals surface area contributed by atoms with E-state index in [1.807, 2.05) is 0 Å². The van der Waals surface area contributed by atoms with Gasteiger partial charge in [-0.25, -0.2) is 0 Å². The summed E-state index contributed by atoms with van der Waals surface area (Å²) in [6, 6.07) is 0.375. The minimum Gasteiger partial charge on any atom is -0.356 e. The first-order valence-electron chi connectivity index (χ1n) is 8.60. The zero-order valence-electron chi connectivity index (χ0n) is 13.5. The van der Waals surface area contributed by atoms with Gasteiger partial charge in [0.2, 0.25) is 5.91 Å². The molecule has 0 aromatic heterocycles. The van der Waals surface area contributed by atoms with Crippen LogP contribution in [0.25, 0.3) is 0 Å². The predicted octanol–water partition coefficient (Wildman–Crippen LogP) is 3.62. The molecule has 1 fully saturated rings. The summed E-state index contributed by atoms with van der Waals surface area (Å²) in [7, 11) is 0. The third kappa shape index (κ3) is 8.57. The number of unbranched alkanes of at least 4 members (excludes halogenated alkanes) is 3. The molecule has 0 radical (unpaired) electrons. The van der Waals surface area contributed by atoms with Crippen LogP contribution >= 0.6 is 0 Å². The molecule has 0 aromatic rings. The molecule has 3 heteroatoms. The Morgan fingerprint density at radius 2 is 1.75 bits per heavy atom. The molecule has 1 aliphatic carbocycles. The van der Waals surface area contributed by atoms with E-state index in [1.54, 1.807) is 0 Å². The van der Waals surface area contributed by atoms with Crippen molar-refractivity contribution in [1.82, 2.24) is 5.32 Å². The molecular formula is C17H34N2O. The van der Waals surface area contributed by atoms with Gasteiger partial charge in [-0.15, -0.1) is 0 Å². The van der Waals surface area contributed by atoms with Crippen molar-refractivity contribution in [2.75, 3.05) is 6.54 Å². The lowest BCUT2D eigenvalue weighted by molar-refractivity contribution is -0.122. The summed E-state index contributed by atoms with van der Waals surface area (Å²) >= 11 is 0. The Morgan fingerprint density at radius 1 is 1.10 bits per heavy atom. The van der Waals surface area contributed by atoms with Gasteiger partial charge in [0.25, 0.3) is 0 Å². The smallest absolute Gasteiger partial charge is 0.220 e. The van der Waals surface area contributed by atoms with Crippen molar-refractivity contribution >= 4 is 5.91 Å². The Kier molecular flexibility index (Phi) is 8.92. The first-order valence-corrected chi connectivity index (χ1v) is 8.60. The second-order valence-electron chi connectivity index (χ2n) is 6.93. The van der Waals surface area contributed by atoms with Crippen LogP contribution < -0.4 is 11.1 Å². The van der Waals surface area contributed by atoms with Crippen LogP contribution in [0.15, 0.2) is 0 Å². The van der Waals surface area contributed by atoms with Crippen molar-refractivity contribution < 1.29 is 4.79 Å². The van der Waals surface area contributed by atoms with E-state index >= 15 is 0 Å². The number of carbonyl (C=O) groups excluding carboxylic acids is 1. The molecule has 0 aromatic carbocycles. The third-order valence-electron chi connectivity index (χ3n) is 4.40. The summed E-state index contributed by atoms with van der Waals surface area (Å²) in [5.74, 6) is 1.63. The van der Waals surface area contributed by atoms with Gasteiger partial charge in [0.1, 0.15) is 0 Å². The summed E-state index contributed by atoms with van der Waals surface area (Å²) in [4.78, 5) is 11.8. The zero-order chi connectivity index (χ0) is 14.8. The maximum atomic E-state index is 11.8. The number of amides is 1. The van der Waals surface area contributed by atoms with E-state index in [9.17, 15) is 4.79 Å². The van der Waals surface area contributed by atoms with Gasteiger partial charge in [-0.3, -0.25) is 4.79 Å². The topological polar surface area (TPSA) is 55.1 Å². The van der Waals surface area contributed by atoms with Crippen molar-refractivity contribution in [3.63, 3.8) is 0 Å². The SMILES string of the molecule is CC(C)CCCCCCNC(=O)CC1CCC(N)CC1. The highest BCUT2D eigenvalue weighted by atomic mass is 16.1. The van der Waals surface area contributed by atoms with Crippen LogP contribution in [-0.2, 0) is 4.79 Å². The summed E-state index contributed by atoms with van der Waals surface area (Å²) in [6.07, 6.45) is 11.5. The van der Waals surface area contributed by atoms with Crippen LogP contribution in [0, 0.1) is 11.8 Å². The molecule has 0 bridgehead atoms. The monoisotopic (exact) mass is 282 g/mol. The number of hydrogen-bond acceptors (Lipinski definition) is 2. The van der Waals surface area contributed by atoms with E-state index in [0.717, 1.165) is 44.6 Å². The lowest BCUT2D eigenvalue weighted by Crippen LogP contribution is -2.31. The summed E-state index contributed by atoms with van der Waals surface area (Å²) in [5.41, 5.74) is 5.88. The fraction of sp³-hybridized carbons (Fsp3) is 0.941. The van der Waals surface area contributed by atoms with Crippen LogP contribution in [0.4, 0.5) is 0 Å². The summed E-state index contributed by atoms with van der Waals surface area (Å²) in [5, 5.41) is 3.07. The molecule has 1 aliphatic rings. The number of nitrogens with one attached hydrogen (secondary N) is 1. The van der Waals surface area contributed by atoms with Crippen molar-refractivity contribution in [1.29, 1.82) is 0 Å². The maximum Gasteiger partial charge on any atom is 0.220 e. The highest BCUT2D eigenvalue weighted by molar-refractivity contribution is 5.76. The highest BCUT2D eigenvalue weighted by Gasteiger charge is 2.20. The van der Waals surface area contributed by atoms with E-state index in [0.29, 0.717) is 18.4 Å². The van der Waals surface area contributed by atoms with E-state index in [-0.39, 0.29) is 5.91 Å². The molecule has 3 N–H and O–H groups in total. The van der Waals surface area contributed by atoms with Gasteiger partial charge in [0.15, 0.2) is 0 Å². The zero-order valence-corrected chi connectivity index (χ0v) is 13.5. The molecule has 3 nitrogen and oxygen atoms in total. The maximum absolute atomic E-state index is 11.8. The molecule has 118 valence electrons. The number of rotatable bonds is 9. The second-order valence-corrected chi connectivity index (χ2v) is 6.93. The van der Waals surface area contributed by atoms with E-state index < -0.39 is 0 Å². The molecule has 0 spiro atoms. The van der Waals surface area contributed by atoms with E-state index in [4.69, 9.17) is 5.73 Å². The average molecular weight is 282 g/mol. The molecule has 0 aliphatic heterocycles. The quantitative estimate of drug-likeness (QED) is 0.635. The summed E-state index contributed by atoms with van der Waals surface area (Å²) in [6.45, 7) is 5.41. The minimum absolute atomic E-state index is 0.243. The standard InChI is InChI=1S/C17H34N2O/c1-14(2)7-5-3-4-6-12-19-17(20)13-15-8-10-16(18)11-9-15/h14-16H,3-13,18H2,1-2H3,(H,19,20). The van der Waals surface area contributed by atoms with Crippen LogP contribution in [0.5, 0.6) is 0 Å². The highest BCUT2D eigenvalue weighted by Crippen LogP contribution is 2.25. The lowest BCUT2D eigenvalue weighted by atomic mass is 9.84. The normalized spacial score (nSPS) is 23.0. The molecule has 0 heterocycles. The minimum atomic E-state index is 0.243. The predicted molar refractivity (Wildman–Crippen MR) is 85.5 cm³/mol. The first-order chi connectivity index (χ1) is 9.58. The number of hydrogen-bond donors (Lipinski definition) is 2. The van der Waals surface area contributed by atoms with Crippen molar-refractivity contribution in [3.05, 3.63) is 0 Å². The Labute approximate surface area is 125 Å². The lowest BCUT2D eigenvalue weighted by Gasteiger charge is -2.25. The van der Waals surface area contributed by atoms with Crippen molar-refractivity contribution in [3.8, 4) is 0 Å². The van der Waals surface area contributed by atoms with Crippen LogP contribution in [0.2, 0.25) is 0 Å². The Hall–Kier alpha value is -0.570. The van der Waals surface area contributed by atoms with E-state index in [1.165, 1.54) is 25.7 Å². The molecule has 1 rings (SSSR count). The van der Waals surface area contributed by atoms with Crippen LogP contribution in [-0.4, -0.2) is 18.5 Å². The Balaban J connectivity index is 1.92. The average Bonchev–Trinajstić information content (AvgIpc) is 2.40. The van der Waals surface area contributed by atoms with Gasteiger partial charge in [0, 0.05) is 19.0 Å². The van der Waals surface area contributed by atoms with Gasteiger partial charge in [-0.1, -0.05) is 39.5 Å². The Morgan fingerprint density at radius 3 is 2.40 bits per heavy atom. The molecule has 0 atom stereocenters. The van der Waals surface area contributed by atoms with E-state index in [2.05, 4.69) is 19.2 Å². The summed E-state index contributed by atoms with van der Waals surface area (Å²) < 4.78 is 0. The fourth-order valence-electron chi connectivity index (χ4n) is 2.99. The van der Waals surface area contributed by atoms with Crippen molar-refractivity contribution in [2.24, 2.45) is 17.6 Å². The largest absolute Gasteiger partial charge is 0.356 e. The molecule has 1 saturated carbocycles. The first kappa shape index (κ1) is 17.5. The fourth-order valence-corrected chi connectivity index (χ4v) is 2.99. The molecule has 1 amide bonds. The molecule has 0 saturated heterocycles. The molecule has 20 heavy (non-hydrogen) atoms. The Bertz CT molecular complexity index is 258. The number of carbonyl (C=O) groups is 1. The van der Waals surface area contributed by atoms with Crippen LogP contribution in [0.3, 0.4) is 0 Å². The van der Waals surface area contributed by atoms with Gasteiger partial charge >= 0.3 is 0 Å². The molecular weight excluding hydrogens is 248 g/mol. The van der Waals surface area contributed by atoms with Gasteiger partial charge in [-0.2, -0.15) is 0 Å². The molecule has 0 unspecified atom stereocenters. The van der Waals surface area contributed by atoms with Gasteiger partial charge < -0.3 is 11.1 Å². The van der Waals surface area contributed by atoms with Crippen molar-refractivity contribution in [2.45, 2.75) is 84.1 Å².